The largest absolute Gasteiger partial charge is 0.256 e. The molecule has 0 saturated carbocycles. The highest BCUT2D eigenvalue weighted by Crippen LogP contribution is 2.50. The first-order valence-electron chi connectivity index (χ1n) is 9.99. The standard InChI is InChI=1S/C24H17NS/c1-16-13-14-21(25-15-16)20-10-6-12-23-24(20)19-9-3-2-7-17(19)18-8-4-5-11-22(18)26-23/h2-15H,1H3/i1D3. The number of hydrogen-bond donors (Lipinski definition) is 0. The van der Waals surface area contributed by atoms with Crippen LogP contribution in [0.5, 0.6) is 0 Å². The molecule has 3 aromatic carbocycles. The van der Waals surface area contributed by atoms with Gasteiger partial charge in [0, 0.05) is 31.2 Å². The van der Waals surface area contributed by atoms with Gasteiger partial charge in [0.2, 0.25) is 0 Å². The third-order valence-electron chi connectivity index (χ3n) is 4.66. The van der Waals surface area contributed by atoms with Crippen molar-refractivity contribution in [2.45, 2.75) is 16.6 Å². The Morgan fingerprint density at radius 3 is 2.23 bits per heavy atom. The summed E-state index contributed by atoms with van der Waals surface area (Å²) >= 11 is 1.76. The van der Waals surface area contributed by atoms with Gasteiger partial charge in [0.1, 0.15) is 0 Å². The van der Waals surface area contributed by atoms with Crippen molar-refractivity contribution in [1.82, 2.24) is 4.98 Å². The maximum atomic E-state index is 7.59. The highest BCUT2D eigenvalue weighted by molar-refractivity contribution is 7.99. The molecule has 5 rings (SSSR count). The molecule has 0 saturated heterocycles. The molecule has 0 fully saturated rings. The van der Waals surface area contributed by atoms with Crippen molar-refractivity contribution in [3.63, 3.8) is 0 Å². The van der Waals surface area contributed by atoms with Crippen LogP contribution in [0.3, 0.4) is 0 Å². The second-order valence-electron chi connectivity index (χ2n) is 6.25. The van der Waals surface area contributed by atoms with Crippen molar-refractivity contribution >= 4 is 11.8 Å². The van der Waals surface area contributed by atoms with Gasteiger partial charge in [-0.15, -0.1) is 0 Å². The van der Waals surface area contributed by atoms with Crippen molar-refractivity contribution in [2.24, 2.45) is 0 Å². The van der Waals surface area contributed by atoms with E-state index in [0.29, 0.717) is 0 Å². The minimum Gasteiger partial charge on any atom is -0.256 e. The second-order valence-corrected chi connectivity index (χ2v) is 7.34. The van der Waals surface area contributed by atoms with E-state index in [1.165, 1.54) is 27.1 Å². The topological polar surface area (TPSA) is 12.9 Å². The number of pyridine rings is 1. The van der Waals surface area contributed by atoms with E-state index in [1.807, 2.05) is 12.1 Å². The van der Waals surface area contributed by atoms with Crippen molar-refractivity contribution in [3.8, 4) is 33.5 Å². The molecule has 1 aliphatic rings. The number of aromatic nitrogens is 1. The highest BCUT2D eigenvalue weighted by Gasteiger charge is 2.22. The smallest absolute Gasteiger partial charge is 0.0708 e. The van der Waals surface area contributed by atoms with Crippen LogP contribution in [0, 0.1) is 6.85 Å². The van der Waals surface area contributed by atoms with Crippen LogP contribution in [0.25, 0.3) is 33.5 Å². The van der Waals surface area contributed by atoms with Crippen LogP contribution in [-0.2, 0) is 0 Å². The third-order valence-corrected chi connectivity index (χ3v) is 5.80. The summed E-state index contributed by atoms with van der Waals surface area (Å²) in [6.45, 7) is -2.15. The first-order chi connectivity index (χ1) is 14.0. The van der Waals surface area contributed by atoms with Gasteiger partial charge in [0.25, 0.3) is 0 Å². The SMILES string of the molecule is [2H]C([2H])([2H])c1ccc(-c2cccc3c2-c2ccccc2-c2ccccc2S3)nc1. The minimum absolute atomic E-state index is 0.255. The Morgan fingerprint density at radius 1 is 0.692 bits per heavy atom. The van der Waals surface area contributed by atoms with Crippen molar-refractivity contribution in [2.75, 3.05) is 0 Å². The van der Waals surface area contributed by atoms with E-state index in [1.54, 1.807) is 17.8 Å². The molecule has 0 unspecified atom stereocenters. The van der Waals surface area contributed by atoms with Crippen LogP contribution >= 0.6 is 11.8 Å². The summed E-state index contributed by atoms with van der Waals surface area (Å²) in [6.07, 6.45) is 1.46. The molecular formula is C24H17NS. The molecule has 26 heavy (non-hydrogen) atoms. The van der Waals surface area contributed by atoms with E-state index in [0.717, 1.165) is 22.4 Å². The zero-order chi connectivity index (χ0) is 20.0. The van der Waals surface area contributed by atoms with Crippen molar-refractivity contribution in [1.29, 1.82) is 0 Å². The molecule has 1 aromatic heterocycles. The van der Waals surface area contributed by atoms with Gasteiger partial charge < -0.3 is 0 Å². The van der Waals surface area contributed by atoms with Gasteiger partial charge in [-0.05, 0) is 47.3 Å². The second kappa shape index (κ2) is 6.15. The summed E-state index contributed by atoms with van der Waals surface area (Å²) in [5.41, 5.74) is 6.76. The van der Waals surface area contributed by atoms with Crippen molar-refractivity contribution < 1.29 is 4.11 Å². The van der Waals surface area contributed by atoms with Gasteiger partial charge in [-0.25, -0.2) is 0 Å². The van der Waals surface area contributed by atoms with Gasteiger partial charge in [0.15, 0.2) is 0 Å². The van der Waals surface area contributed by atoms with E-state index >= 15 is 0 Å². The van der Waals surface area contributed by atoms with Gasteiger partial charge in [-0.1, -0.05) is 72.4 Å². The summed E-state index contributed by atoms with van der Waals surface area (Å²) in [6, 6.07) is 26.6. The Labute approximate surface area is 162 Å². The molecule has 1 aliphatic heterocycles. The predicted molar refractivity (Wildman–Crippen MR) is 109 cm³/mol. The van der Waals surface area contributed by atoms with Crippen LogP contribution in [0.1, 0.15) is 9.68 Å². The van der Waals surface area contributed by atoms with E-state index in [2.05, 4.69) is 65.6 Å². The molecule has 0 bridgehead atoms. The summed E-state index contributed by atoms with van der Waals surface area (Å²) < 4.78 is 22.8. The molecule has 1 nitrogen and oxygen atoms in total. The molecular weight excluding hydrogens is 334 g/mol. The fourth-order valence-corrected chi connectivity index (χ4v) is 4.63. The van der Waals surface area contributed by atoms with E-state index in [-0.39, 0.29) is 5.56 Å². The lowest BCUT2D eigenvalue weighted by atomic mass is 9.91. The summed E-state index contributed by atoms with van der Waals surface area (Å²) in [5.74, 6) is 0. The number of benzene rings is 3. The van der Waals surface area contributed by atoms with Gasteiger partial charge in [0.05, 0.1) is 5.69 Å². The Morgan fingerprint density at radius 2 is 1.42 bits per heavy atom. The molecule has 124 valence electrons. The van der Waals surface area contributed by atoms with Crippen LogP contribution in [0.2, 0.25) is 0 Å². The van der Waals surface area contributed by atoms with E-state index in [4.69, 9.17) is 4.11 Å². The first kappa shape index (κ1) is 12.5. The Bertz CT molecular complexity index is 1210. The minimum atomic E-state index is -2.15. The first-order valence-corrected chi connectivity index (χ1v) is 9.30. The molecule has 0 radical (unpaired) electrons. The molecule has 0 N–H and O–H groups in total. The lowest BCUT2D eigenvalue weighted by molar-refractivity contribution is 1.26. The van der Waals surface area contributed by atoms with Gasteiger partial charge in [-0.2, -0.15) is 0 Å². The molecule has 0 amide bonds. The number of aryl methyl sites for hydroxylation is 1. The fourth-order valence-electron chi connectivity index (χ4n) is 3.49. The van der Waals surface area contributed by atoms with E-state index < -0.39 is 6.85 Å². The maximum Gasteiger partial charge on any atom is 0.0708 e. The average molecular weight is 354 g/mol. The number of rotatable bonds is 1. The summed E-state index contributed by atoms with van der Waals surface area (Å²) in [7, 11) is 0. The Balaban J connectivity index is 1.75. The molecule has 0 aliphatic carbocycles. The third kappa shape index (κ3) is 2.46. The van der Waals surface area contributed by atoms with E-state index in [9.17, 15) is 0 Å². The molecule has 4 aromatic rings. The fraction of sp³-hybridized carbons (Fsp3) is 0.0417. The van der Waals surface area contributed by atoms with Crippen LogP contribution in [-0.4, -0.2) is 4.98 Å². The Kier molecular flexibility index (Phi) is 2.96. The zero-order valence-corrected chi connectivity index (χ0v) is 14.8. The molecule has 0 atom stereocenters. The monoisotopic (exact) mass is 354 g/mol. The molecule has 2 heterocycles. The quantitative estimate of drug-likeness (QED) is 0.326. The van der Waals surface area contributed by atoms with Crippen LogP contribution < -0.4 is 0 Å². The number of hydrogen-bond acceptors (Lipinski definition) is 2. The Hall–Kier alpha value is -2.84. The number of fused-ring (bicyclic) bond motifs is 5. The summed E-state index contributed by atoms with van der Waals surface area (Å²) in [5, 5.41) is 0. The lowest BCUT2D eigenvalue weighted by Crippen LogP contribution is -1.91. The average Bonchev–Trinajstić information content (AvgIpc) is 2.88. The van der Waals surface area contributed by atoms with Gasteiger partial charge >= 0.3 is 0 Å². The van der Waals surface area contributed by atoms with Crippen LogP contribution in [0.15, 0.2) is 94.9 Å². The highest BCUT2D eigenvalue weighted by atomic mass is 32.2. The van der Waals surface area contributed by atoms with Crippen molar-refractivity contribution in [3.05, 3.63) is 90.6 Å². The van der Waals surface area contributed by atoms with Gasteiger partial charge in [-0.3, -0.25) is 4.98 Å². The van der Waals surface area contributed by atoms with Crippen LogP contribution in [0.4, 0.5) is 0 Å². The lowest BCUT2D eigenvalue weighted by Gasteiger charge is -2.14. The predicted octanol–water partition coefficient (Wildman–Crippen LogP) is 6.86. The maximum absolute atomic E-state index is 7.59. The normalized spacial score (nSPS) is 14.1. The summed E-state index contributed by atoms with van der Waals surface area (Å²) in [4.78, 5) is 6.90. The molecule has 2 heteroatoms. The molecule has 0 spiro atoms. The number of nitrogens with zero attached hydrogens (tertiary/aromatic N) is 1. The zero-order valence-electron chi connectivity index (χ0n) is 16.9.